The molecule has 0 saturated carbocycles. The number of carbonyl (C=O) groups is 1. The van der Waals surface area contributed by atoms with E-state index in [1.807, 2.05) is 18.2 Å². The average Bonchev–Trinajstić information content (AvgIpc) is 3.25. The number of nitrogens with two attached hydrogens (primary N) is 1. The maximum atomic E-state index is 12.5. The third kappa shape index (κ3) is 4.63. The van der Waals surface area contributed by atoms with Gasteiger partial charge < -0.3 is 26.0 Å². The number of hydrogen-bond donors (Lipinski definition) is 4. The molecular weight excluding hydrogens is 350 g/mol. The highest BCUT2D eigenvalue weighted by atomic mass is 16.5. The van der Waals surface area contributed by atoms with Gasteiger partial charge in [-0.1, -0.05) is 25.5 Å². The quantitative estimate of drug-likeness (QED) is 0.521. The lowest BCUT2D eigenvalue weighted by molar-refractivity contribution is -0.117. The number of aliphatic imine (C=N–C) groups is 1. The molecule has 0 spiro atoms. The molecule has 2 heterocycles. The molecule has 9 nitrogen and oxygen atoms in total. The van der Waals surface area contributed by atoms with Crippen LogP contribution in [0.5, 0.6) is 0 Å². The second-order valence-electron chi connectivity index (χ2n) is 6.34. The molecular formula is C18H23N5O4. The van der Waals surface area contributed by atoms with Gasteiger partial charge in [0.05, 0.1) is 12.7 Å². The maximum absolute atomic E-state index is 12.5. The van der Waals surface area contributed by atoms with E-state index in [0.717, 1.165) is 29.5 Å². The summed E-state index contributed by atoms with van der Waals surface area (Å²) >= 11 is 0. The summed E-state index contributed by atoms with van der Waals surface area (Å²) in [6, 6.07) is 5.16. The van der Waals surface area contributed by atoms with Crippen molar-refractivity contribution in [1.82, 2.24) is 9.78 Å². The Morgan fingerprint density at radius 1 is 1.44 bits per heavy atom. The standard InChI is InChI=1S/C18H23N5O4/c1-2-3-11-4-5-12(13-7-20-23(8-13)9-16(24)25)6-14(11)21-17(26)15-10-27-18(19)22-15/h4-8,15-16,24-25H,2-3,9-10H2,1H3,(H2,19,22)(H,21,26). The van der Waals surface area contributed by atoms with Crippen molar-refractivity contribution >= 4 is 17.6 Å². The molecule has 1 aromatic carbocycles. The minimum Gasteiger partial charge on any atom is -0.463 e. The van der Waals surface area contributed by atoms with E-state index in [0.29, 0.717) is 5.69 Å². The third-order valence-electron chi connectivity index (χ3n) is 4.18. The molecule has 144 valence electrons. The van der Waals surface area contributed by atoms with Crippen LogP contribution < -0.4 is 11.1 Å². The van der Waals surface area contributed by atoms with E-state index < -0.39 is 12.3 Å². The molecule has 9 heteroatoms. The summed E-state index contributed by atoms with van der Waals surface area (Å²) in [6.07, 6.45) is 3.64. The minimum absolute atomic E-state index is 0.0153. The first-order valence-corrected chi connectivity index (χ1v) is 8.75. The van der Waals surface area contributed by atoms with Gasteiger partial charge in [-0.15, -0.1) is 0 Å². The van der Waals surface area contributed by atoms with Crippen molar-refractivity contribution in [2.24, 2.45) is 10.7 Å². The molecule has 0 radical (unpaired) electrons. The number of carbonyl (C=O) groups excluding carboxylic acids is 1. The number of hydrogen-bond acceptors (Lipinski definition) is 7. The van der Waals surface area contributed by atoms with Gasteiger partial charge in [0, 0.05) is 17.4 Å². The van der Waals surface area contributed by atoms with Gasteiger partial charge in [-0.25, -0.2) is 4.99 Å². The molecule has 3 rings (SSSR count). The zero-order valence-electron chi connectivity index (χ0n) is 15.0. The number of nitrogens with zero attached hydrogens (tertiary/aromatic N) is 3. The number of ether oxygens (including phenoxy) is 1. The van der Waals surface area contributed by atoms with E-state index in [1.54, 1.807) is 12.4 Å². The maximum Gasteiger partial charge on any atom is 0.282 e. The predicted molar refractivity (Wildman–Crippen MR) is 99.9 cm³/mol. The van der Waals surface area contributed by atoms with Crippen molar-refractivity contribution < 1.29 is 19.7 Å². The van der Waals surface area contributed by atoms with E-state index in [-0.39, 0.29) is 25.1 Å². The van der Waals surface area contributed by atoms with Crippen LogP contribution in [0.4, 0.5) is 5.69 Å². The first kappa shape index (κ1) is 18.9. The molecule has 5 N–H and O–H groups in total. The van der Waals surface area contributed by atoms with Gasteiger partial charge in [0.25, 0.3) is 11.9 Å². The van der Waals surface area contributed by atoms with E-state index in [2.05, 4.69) is 22.3 Å². The van der Waals surface area contributed by atoms with Gasteiger partial charge in [0.1, 0.15) is 6.61 Å². The molecule has 1 amide bonds. The van der Waals surface area contributed by atoms with Crippen LogP contribution in [0.25, 0.3) is 11.1 Å². The van der Waals surface area contributed by atoms with Gasteiger partial charge >= 0.3 is 0 Å². The van der Waals surface area contributed by atoms with Crippen molar-refractivity contribution in [3.63, 3.8) is 0 Å². The Morgan fingerprint density at radius 3 is 2.93 bits per heavy atom. The smallest absolute Gasteiger partial charge is 0.282 e. The Hall–Kier alpha value is -2.91. The number of aliphatic hydroxyl groups is 2. The molecule has 27 heavy (non-hydrogen) atoms. The Morgan fingerprint density at radius 2 is 2.26 bits per heavy atom. The van der Waals surface area contributed by atoms with Crippen LogP contribution in [0, 0.1) is 0 Å². The Bertz CT molecular complexity index is 846. The van der Waals surface area contributed by atoms with Crippen LogP contribution in [0.3, 0.4) is 0 Å². The highest BCUT2D eigenvalue weighted by molar-refractivity contribution is 5.98. The Balaban J connectivity index is 1.84. The van der Waals surface area contributed by atoms with Crippen molar-refractivity contribution in [2.75, 3.05) is 11.9 Å². The number of anilines is 1. The Kier molecular flexibility index (Phi) is 5.72. The van der Waals surface area contributed by atoms with Gasteiger partial charge in [-0.2, -0.15) is 5.10 Å². The van der Waals surface area contributed by atoms with Crippen LogP contribution in [-0.2, 0) is 22.5 Å². The third-order valence-corrected chi connectivity index (χ3v) is 4.18. The summed E-state index contributed by atoms with van der Waals surface area (Å²) in [7, 11) is 0. The number of nitrogens with one attached hydrogen (secondary N) is 1. The van der Waals surface area contributed by atoms with Crippen LogP contribution in [0.2, 0.25) is 0 Å². The molecule has 2 aromatic rings. The SMILES string of the molecule is CCCc1ccc(-c2cnn(CC(O)O)c2)cc1NC(=O)C1COC(N)=N1. The monoisotopic (exact) mass is 373 g/mol. The van der Waals surface area contributed by atoms with Crippen molar-refractivity contribution in [1.29, 1.82) is 0 Å². The van der Waals surface area contributed by atoms with Gasteiger partial charge in [0.2, 0.25) is 0 Å². The molecule has 0 fully saturated rings. The molecule has 1 aliphatic heterocycles. The van der Waals surface area contributed by atoms with Crippen LogP contribution in [-0.4, -0.2) is 50.9 Å². The number of aryl methyl sites for hydroxylation is 1. The van der Waals surface area contributed by atoms with Gasteiger partial charge in [0.15, 0.2) is 12.3 Å². The zero-order valence-corrected chi connectivity index (χ0v) is 15.0. The topological polar surface area (TPSA) is 135 Å². The number of benzene rings is 1. The second-order valence-corrected chi connectivity index (χ2v) is 6.34. The highest BCUT2D eigenvalue weighted by Crippen LogP contribution is 2.27. The summed E-state index contributed by atoms with van der Waals surface area (Å²) < 4.78 is 6.49. The number of rotatable bonds is 7. The van der Waals surface area contributed by atoms with Gasteiger partial charge in [-0.3, -0.25) is 9.48 Å². The fourth-order valence-electron chi connectivity index (χ4n) is 2.88. The predicted octanol–water partition coefficient (Wildman–Crippen LogP) is 0.465. The summed E-state index contributed by atoms with van der Waals surface area (Å²) in [5, 5.41) is 25.2. The average molecular weight is 373 g/mol. The fourth-order valence-corrected chi connectivity index (χ4v) is 2.88. The Labute approximate surface area is 156 Å². The molecule has 0 saturated heterocycles. The lowest BCUT2D eigenvalue weighted by atomic mass is 10.0. The first-order chi connectivity index (χ1) is 13.0. The van der Waals surface area contributed by atoms with Crippen molar-refractivity contribution in [2.45, 2.75) is 38.6 Å². The highest BCUT2D eigenvalue weighted by Gasteiger charge is 2.25. The molecule has 1 aromatic heterocycles. The summed E-state index contributed by atoms with van der Waals surface area (Å²) in [5.74, 6) is -0.274. The number of amides is 1. The molecule has 1 unspecified atom stereocenters. The van der Waals surface area contributed by atoms with E-state index >= 15 is 0 Å². The normalized spacial score (nSPS) is 16.3. The van der Waals surface area contributed by atoms with Crippen LogP contribution in [0.1, 0.15) is 18.9 Å². The molecule has 1 aliphatic rings. The summed E-state index contributed by atoms with van der Waals surface area (Å²) in [6.45, 7) is 2.19. The minimum atomic E-state index is -1.47. The molecule has 1 atom stereocenters. The van der Waals surface area contributed by atoms with Crippen LogP contribution >= 0.6 is 0 Å². The summed E-state index contributed by atoms with van der Waals surface area (Å²) in [4.78, 5) is 16.4. The fraction of sp³-hybridized carbons (Fsp3) is 0.389. The number of aliphatic hydroxyl groups excluding tert-OH is 1. The summed E-state index contributed by atoms with van der Waals surface area (Å²) in [5.41, 5.74) is 8.86. The first-order valence-electron chi connectivity index (χ1n) is 8.75. The number of aromatic nitrogens is 2. The molecule has 0 aliphatic carbocycles. The zero-order chi connectivity index (χ0) is 19.4. The largest absolute Gasteiger partial charge is 0.463 e. The van der Waals surface area contributed by atoms with Crippen molar-refractivity contribution in [3.05, 3.63) is 36.2 Å². The van der Waals surface area contributed by atoms with E-state index in [1.165, 1.54) is 4.68 Å². The lowest BCUT2D eigenvalue weighted by Gasteiger charge is -2.13. The van der Waals surface area contributed by atoms with E-state index in [4.69, 9.17) is 20.7 Å². The van der Waals surface area contributed by atoms with Crippen molar-refractivity contribution in [3.8, 4) is 11.1 Å². The second kappa shape index (κ2) is 8.19. The van der Waals surface area contributed by atoms with Gasteiger partial charge in [-0.05, 0) is 23.6 Å². The van der Waals surface area contributed by atoms with E-state index in [9.17, 15) is 4.79 Å². The number of amidine groups is 1. The lowest BCUT2D eigenvalue weighted by Crippen LogP contribution is -2.27. The molecule has 0 bridgehead atoms. The van der Waals surface area contributed by atoms with Crippen LogP contribution in [0.15, 0.2) is 35.6 Å².